The average molecular weight is 608 g/mol. The van der Waals surface area contributed by atoms with Crippen molar-refractivity contribution in [3.63, 3.8) is 0 Å². The van der Waals surface area contributed by atoms with Crippen molar-refractivity contribution in [2.24, 2.45) is 11.8 Å². The van der Waals surface area contributed by atoms with Gasteiger partial charge in [-0.25, -0.2) is 9.78 Å². The lowest BCUT2D eigenvalue weighted by Gasteiger charge is -2.31. The molecule has 1 unspecified atom stereocenters. The van der Waals surface area contributed by atoms with Crippen LogP contribution in [0.5, 0.6) is 0 Å². The number of imidazole rings is 1. The number of carbonyl (C=O) groups excluding carboxylic acids is 1. The molecule has 2 aromatic carbocycles. The van der Waals surface area contributed by atoms with Gasteiger partial charge in [-0.3, -0.25) is 4.79 Å². The number of nitrogens with zero attached hydrogens (tertiary/aromatic N) is 4. The Labute approximate surface area is 264 Å². The number of aromatic nitrogens is 2. The minimum Gasteiger partial charge on any atom is -0.480 e. The van der Waals surface area contributed by atoms with Gasteiger partial charge in [0.25, 0.3) is 5.91 Å². The minimum absolute atomic E-state index is 0.0820. The maximum atomic E-state index is 12.7. The Morgan fingerprint density at radius 2 is 1.80 bits per heavy atom. The molecule has 1 amide bonds. The summed E-state index contributed by atoms with van der Waals surface area (Å²) in [4.78, 5) is 31.2. The predicted octanol–water partition coefficient (Wildman–Crippen LogP) is 6.88. The Hall–Kier alpha value is -4.84. The summed E-state index contributed by atoms with van der Waals surface area (Å²) in [6.07, 6.45) is 10.4. The topological polar surface area (TPSA) is 124 Å². The highest BCUT2D eigenvalue weighted by Gasteiger charge is 2.24. The minimum atomic E-state index is -1.06. The smallest absolute Gasteiger partial charge is 0.326 e. The van der Waals surface area contributed by atoms with E-state index >= 15 is 0 Å². The van der Waals surface area contributed by atoms with Crippen LogP contribution in [0.2, 0.25) is 0 Å². The van der Waals surface area contributed by atoms with Gasteiger partial charge in [0.05, 0.1) is 30.2 Å². The highest BCUT2D eigenvalue weighted by Crippen LogP contribution is 2.30. The molecule has 45 heavy (non-hydrogen) atoms. The molecule has 5 rings (SSSR count). The van der Waals surface area contributed by atoms with Crippen LogP contribution in [-0.4, -0.2) is 39.1 Å². The Morgan fingerprint density at radius 3 is 2.47 bits per heavy atom. The number of amides is 1. The summed E-state index contributed by atoms with van der Waals surface area (Å²) < 4.78 is 8.02. The van der Waals surface area contributed by atoms with Crippen molar-refractivity contribution in [2.45, 2.75) is 71.5 Å². The number of hydrogen-bond donors (Lipinski definition) is 2. The number of nitrogens with one attached hydrogen (secondary N) is 1. The van der Waals surface area contributed by atoms with E-state index in [0.717, 1.165) is 29.1 Å². The van der Waals surface area contributed by atoms with Crippen LogP contribution in [0.4, 0.5) is 5.69 Å². The van der Waals surface area contributed by atoms with Crippen LogP contribution in [0.1, 0.15) is 79.7 Å². The Kier molecular flexibility index (Phi) is 10.4. The normalized spacial score (nSPS) is 14.2. The number of nitriles is 1. The molecule has 2 aromatic heterocycles. The zero-order chi connectivity index (χ0) is 31.8. The lowest BCUT2D eigenvalue weighted by molar-refractivity contribution is -0.139. The number of rotatable bonds is 13. The number of carboxylic acid groups (broad SMARTS) is 1. The molecule has 0 saturated heterocycles. The second-order valence-electron chi connectivity index (χ2n) is 12.4. The molecule has 1 fully saturated rings. The number of hydrogen-bond acceptors (Lipinski definition) is 6. The molecule has 0 spiro atoms. The summed E-state index contributed by atoms with van der Waals surface area (Å²) in [6.45, 7) is 6.17. The van der Waals surface area contributed by atoms with Crippen molar-refractivity contribution < 1.29 is 19.1 Å². The van der Waals surface area contributed by atoms with E-state index in [0.29, 0.717) is 36.8 Å². The standard InChI is InChI=1S/C36H41N5O4/c1-25(2)18-32(36(43)44)39-35(42)34-17-16-33(45-34)29-12-14-30(15-13-29)40(21-27-6-4-3-5-7-27)23-31-20-38-24-41(31)22-28-10-8-26(19-37)9-11-28/h8-17,20,24-25,27,32H,3-7,18,21-23H2,1-2H3,(H,39,42)(H,43,44). The highest BCUT2D eigenvalue weighted by molar-refractivity contribution is 5.94. The van der Waals surface area contributed by atoms with Gasteiger partial charge in [0.1, 0.15) is 11.8 Å². The fraction of sp³-hybridized carbons (Fsp3) is 0.389. The van der Waals surface area contributed by atoms with E-state index in [4.69, 9.17) is 9.68 Å². The first-order valence-electron chi connectivity index (χ1n) is 15.8. The molecule has 4 aromatic rings. The van der Waals surface area contributed by atoms with Crippen LogP contribution in [0.3, 0.4) is 0 Å². The number of carbonyl (C=O) groups is 2. The molecule has 2 heterocycles. The first-order valence-corrected chi connectivity index (χ1v) is 15.8. The summed E-state index contributed by atoms with van der Waals surface area (Å²) in [5.74, 6) is -0.223. The number of benzene rings is 2. The van der Waals surface area contributed by atoms with Crippen molar-refractivity contribution in [2.75, 3.05) is 11.4 Å². The van der Waals surface area contributed by atoms with Crippen molar-refractivity contribution in [3.05, 3.63) is 95.8 Å². The number of anilines is 1. The van der Waals surface area contributed by atoms with Crippen LogP contribution < -0.4 is 10.2 Å². The van der Waals surface area contributed by atoms with Crippen molar-refractivity contribution in [1.29, 1.82) is 5.26 Å². The number of aliphatic carboxylic acids is 1. The van der Waals surface area contributed by atoms with E-state index in [9.17, 15) is 14.7 Å². The third kappa shape index (κ3) is 8.42. The summed E-state index contributed by atoms with van der Waals surface area (Å²) in [5, 5.41) is 21.2. The molecule has 1 atom stereocenters. The maximum absolute atomic E-state index is 12.7. The molecular weight excluding hydrogens is 566 g/mol. The average Bonchev–Trinajstić information content (AvgIpc) is 3.71. The molecule has 2 N–H and O–H groups in total. The molecule has 1 aliphatic carbocycles. The fourth-order valence-electron chi connectivity index (χ4n) is 6.02. The van der Waals surface area contributed by atoms with E-state index in [1.54, 1.807) is 12.1 Å². The van der Waals surface area contributed by atoms with E-state index in [-0.39, 0.29) is 11.7 Å². The molecular formula is C36H41N5O4. The van der Waals surface area contributed by atoms with Crippen LogP contribution >= 0.6 is 0 Å². The summed E-state index contributed by atoms with van der Waals surface area (Å²) in [6, 6.07) is 20.4. The van der Waals surface area contributed by atoms with Gasteiger partial charge in [-0.15, -0.1) is 0 Å². The van der Waals surface area contributed by atoms with Crippen molar-refractivity contribution >= 4 is 17.6 Å². The molecule has 0 aliphatic heterocycles. The first kappa shape index (κ1) is 31.6. The van der Waals surface area contributed by atoms with Gasteiger partial charge in [0.2, 0.25) is 0 Å². The van der Waals surface area contributed by atoms with Crippen molar-refractivity contribution in [1.82, 2.24) is 14.9 Å². The third-order valence-electron chi connectivity index (χ3n) is 8.45. The summed E-state index contributed by atoms with van der Waals surface area (Å²) in [5.41, 5.74) is 4.80. The van der Waals surface area contributed by atoms with Crippen molar-refractivity contribution in [3.8, 4) is 17.4 Å². The summed E-state index contributed by atoms with van der Waals surface area (Å²) >= 11 is 0. The van der Waals surface area contributed by atoms with E-state index < -0.39 is 17.9 Å². The molecule has 1 aliphatic rings. The first-order chi connectivity index (χ1) is 21.8. The fourth-order valence-corrected chi connectivity index (χ4v) is 6.02. The van der Waals surface area contributed by atoms with Crippen LogP contribution in [0.25, 0.3) is 11.3 Å². The molecule has 0 radical (unpaired) electrons. The second kappa shape index (κ2) is 14.8. The second-order valence-corrected chi connectivity index (χ2v) is 12.4. The number of carboxylic acids is 1. The SMILES string of the molecule is CC(C)CC(NC(=O)c1ccc(-c2ccc(N(Cc3cncn3Cc3ccc(C#N)cc3)CC3CCCCC3)cc2)o1)C(=O)O. The predicted molar refractivity (Wildman–Crippen MR) is 173 cm³/mol. The molecule has 234 valence electrons. The zero-order valence-electron chi connectivity index (χ0n) is 26.0. The number of furan rings is 1. The largest absolute Gasteiger partial charge is 0.480 e. The monoisotopic (exact) mass is 607 g/mol. The lowest BCUT2D eigenvalue weighted by atomic mass is 9.89. The van der Waals surface area contributed by atoms with Gasteiger partial charge < -0.3 is 24.3 Å². The third-order valence-corrected chi connectivity index (χ3v) is 8.45. The van der Waals surface area contributed by atoms with Crippen LogP contribution in [0, 0.1) is 23.2 Å². The summed E-state index contributed by atoms with van der Waals surface area (Å²) in [7, 11) is 0. The van der Waals surface area contributed by atoms with Crippen LogP contribution in [0.15, 0.2) is 77.6 Å². The molecule has 9 heteroatoms. The Morgan fingerprint density at radius 1 is 1.07 bits per heavy atom. The zero-order valence-corrected chi connectivity index (χ0v) is 26.0. The van der Waals surface area contributed by atoms with Gasteiger partial charge in [0, 0.05) is 30.5 Å². The van der Waals surface area contributed by atoms with Gasteiger partial charge in [-0.1, -0.05) is 45.2 Å². The lowest BCUT2D eigenvalue weighted by Crippen LogP contribution is -2.41. The van der Waals surface area contributed by atoms with Gasteiger partial charge in [0.15, 0.2) is 5.76 Å². The van der Waals surface area contributed by atoms with E-state index in [1.165, 1.54) is 32.1 Å². The van der Waals surface area contributed by atoms with Gasteiger partial charge in [-0.2, -0.15) is 5.26 Å². The molecule has 0 bridgehead atoms. The molecule has 9 nitrogen and oxygen atoms in total. The maximum Gasteiger partial charge on any atom is 0.326 e. The van der Waals surface area contributed by atoms with Gasteiger partial charge >= 0.3 is 5.97 Å². The quantitative estimate of drug-likeness (QED) is 0.170. The van der Waals surface area contributed by atoms with Crippen LogP contribution in [-0.2, 0) is 17.9 Å². The Balaban J connectivity index is 1.31. The van der Waals surface area contributed by atoms with E-state index in [2.05, 4.69) is 38.0 Å². The highest BCUT2D eigenvalue weighted by atomic mass is 16.4. The van der Waals surface area contributed by atoms with E-state index in [1.807, 2.05) is 62.8 Å². The van der Waals surface area contributed by atoms with Gasteiger partial charge in [-0.05, 0) is 85.2 Å². The Bertz CT molecular complexity index is 1610. The molecule has 1 saturated carbocycles.